The molecule has 0 N–H and O–H groups in total. The van der Waals surface area contributed by atoms with E-state index in [-0.39, 0.29) is 11.0 Å². The van der Waals surface area contributed by atoms with Crippen molar-refractivity contribution in [3.05, 3.63) is 191 Å². The van der Waals surface area contributed by atoms with Crippen LogP contribution in [0.5, 0.6) is 0 Å². The van der Waals surface area contributed by atoms with Gasteiger partial charge in [-0.2, -0.15) is 0 Å². The molecule has 1 aliphatic rings. The van der Waals surface area contributed by atoms with E-state index >= 15 is 0 Å². The normalized spacial score (nSPS) is 13.0. The topological polar surface area (TPSA) is 37.9 Å². The number of hydrogen-bond acceptors (Lipinski definition) is 3. The summed E-state index contributed by atoms with van der Waals surface area (Å²) in [6.07, 6.45) is 0. The zero-order valence-corrected chi connectivity index (χ0v) is 28.9. The van der Waals surface area contributed by atoms with Crippen LogP contribution in [0.1, 0.15) is 25.0 Å². The number of benzene rings is 7. The number of hydrogen-bond donors (Lipinski definition) is 0. The number of rotatable bonds is 5. The number of anilines is 3. The summed E-state index contributed by atoms with van der Waals surface area (Å²) in [6.45, 7) is 4.64. The first-order valence-corrected chi connectivity index (χ1v) is 17.7. The lowest BCUT2D eigenvalue weighted by molar-refractivity contribution is 0.563. The van der Waals surface area contributed by atoms with Gasteiger partial charge in [-0.1, -0.05) is 129 Å². The van der Waals surface area contributed by atoms with Gasteiger partial charge in [0.05, 0.1) is 11.0 Å². The number of para-hydroxylation sites is 3. The summed E-state index contributed by atoms with van der Waals surface area (Å²) in [4.78, 5) is 16.0. The summed E-state index contributed by atoms with van der Waals surface area (Å²) in [7, 11) is 0. The second kappa shape index (κ2) is 11.4. The summed E-state index contributed by atoms with van der Waals surface area (Å²) in [5.74, 6) is 0. The molecule has 7 aromatic carbocycles. The molecule has 9 aromatic rings. The third kappa shape index (κ3) is 4.51. The summed E-state index contributed by atoms with van der Waals surface area (Å²) in [6, 6.07) is 59.4. The molecule has 0 atom stereocenters. The van der Waals surface area contributed by atoms with Gasteiger partial charge in [-0.05, 0) is 93.5 Å². The summed E-state index contributed by atoms with van der Waals surface area (Å²) >= 11 is 0. The molecule has 0 saturated heterocycles. The van der Waals surface area contributed by atoms with Crippen molar-refractivity contribution in [2.75, 3.05) is 4.90 Å². The third-order valence-corrected chi connectivity index (χ3v) is 10.8. The van der Waals surface area contributed by atoms with Crippen molar-refractivity contribution < 1.29 is 4.42 Å². The average molecular weight is 671 g/mol. The Kier molecular flexibility index (Phi) is 6.64. The van der Waals surface area contributed by atoms with Gasteiger partial charge in [-0.15, -0.1) is 0 Å². The molecule has 0 radical (unpaired) electrons. The fourth-order valence-electron chi connectivity index (χ4n) is 8.34. The van der Waals surface area contributed by atoms with E-state index in [1.54, 1.807) is 0 Å². The Hall–Kier alpha value is -6.65. The predicted molar refractivity (Wildman–Crippen MR) is 214 cm³/mol. The van der Waals surface area contributed by atoms with Gasteiger partial charge in [-0.3, -0.25) is 4.40 Å². The van der Waals surface area contributed by atoms with Crippen LogP contribution in [0.3, 0.4) is 0 Å². The second-order valence-electron chi connectivity index (χ2n) is 14.1. The van der Waals surface area contributed by atoms with Gasteiger partial charge in [0, 0.05) is 33.4 Å². The standard InChI is InChI=1S/C48H34N2O2/c1-48(2)40-16-8-6-14-37(40)38-29-28-36(30-41(38)48)49(34-24-20-32(21-25-34)31-12-4-3-5-13-31)35-26-22-33(23-27-35)45-39-15-7-9-17-42(39)50-43-18-10-11-19-44(43)52-47(51)46(45)50/h3-30H,1-2H3. The van der Waals surface area contributed by atoms with Gasteiger partial charge in [0.15, 0.2) is 5.58 Å². The molecule has 10 rings (SSSR count). The van der Waals surface area contributed by atoms with Crippen molar-refractivity contribution in [2.24, 2.45) is 0 Å². The van der Waals surface area contributed by atoms with Crippen LogP contribution in [0.4, 0.5) is 17.1 Å². The second-order valence-corrected chi connectivity index (χ2v) is 14.1. The molecule has 2 aromatic heterocycles. The lowest BCUT2D eigenvalue weighted by atomic mass is 9.82. The van der Waals surface area contributed by atoms with Crippen molar-refractivity contribution >= 4 is 44.6 Å². The summed E-state index contributed by atoms with van der Waals surface area (Å²) in [5.41, 5.74) is 15.1. The van der Waals surface area contributed by atoms with Gasteiger partial charge in [-0.25, -0.2) is 4.79 Å². The van der Waals surface area contributed by atoms with Crippen molar-refractivity contribution in [1.29, 1.82) is 0 Å². The first kappa shape index (κ1) is 30.2. The van der Waals surface area contributed by atoms with Crippen molar-refractivity contribution in [3.8, 4) is 33.4 Å². The molecule has 4 nitrogen and oxygen atoms in total. The molecule has 0 amide bonds. The van der Waals surface area contributed by atoms with Crippen LogP contribution in [-0.2, 0) is 5.41 Å². The van der Waals surface area contributed by atoms with Crippen LogP contribution in [-0.4, -0.2) is 4.40 Å². The monoisotopic (exact) mass is 670 g/mol. The van der Waals surface area contributed by atoms with E-state index in [9.17, 15) is 4.79 Å². The fraction of sp³-hybridized carbons (Fsp3) is 0.0625. The largest absolute Gasteiger partial charge is 0.420 e. The SMILES string of the molecule is CC1(C)c2ccccc2-c2ccc(N(c3ccc(-c4ccccc4)cc3)c3ccc(-c4c5ccccc5n5c4c(=O)oc4ccccc45)cc3)cc21. The van der Waals surface area contributed by atoms with Gasteiger partial charge in [0.1, 0.15) is 5.52 Å². The maximum absolute atomic E-state index is 13.7. The maximum Gasteiger partial charge on any atom is 0.361 e. The lowest BCUT2D eigenvalue weighted by Gasteiger charge is -2.28. The molecule has 1 aliphatic carbocycles. The van der Waals surface area contributed by atoms with E-state index in [1.807, 2.05) is 46.9 Å². The Morgan fingerprint density at radius 1 is 0.519 bits per heavy atom. The minimum Gasteiger partial charge on any atom is -0.420 e. The zero-order chi connectivity index (χ0) is 35.0. The zero-order valence-electron chi connectivity index (χ0n) is 28.9. The lowest BCUT2D eigenvalue weighted by Crippen LogP contribution is -2.16. The van der Waals surface area contributed by atoms with Gasteiger partial charge in [0.2, 0.25) is 0 Å². The molecule has 4 heteroatoms. The minimum atomic E-state index is -0.351. The summed E-state index contributed by atoms with van der Waals surface area (Å²) in [5, 5.41) is 1.01. The fourth-order valence-corrected chi connectivity index (χ4v) is 8.34. The average Bonchev–Trinajstić information content (AvgIpc) is 3.66. The highest BCUT2D eigenvalue weighted by molar-refractivity contribution is 6.07. The quantitative estimate of drug-likeness (QED) is 0.183. The van der Waals surface area contributed by atoms with E-state index in [0.717, 1.165) is 44.6 Å². The molecular weight excluding hydrogens is 637 g/mol. The van der Waals surface area contributed by atoms with E-state index in [2.05, 4.69) is 146 Å². The van der Waals surface area contributed by atoms with Crippen molar-refractivity contribution in [1.82, 2.24) is 4.40 Å². The Morgan fingerprint density at radius 2 is 1.10 bits per heavy atom. The molecule has 248 valence electrons. The van der Waals surface area contributed by atoms with E-state index in [0.29, 0.717) is 11.1 Å². The molecule has 0 aliphatic heterocycles. The van der Waals surface area contributed by atoms with Gasteiger partial charge in [0.25, 0.3) is 0 Å². The smallest absolute Gasteiger partial charge is 0.361 e. The van der Waals surface area contributed by atoms with E-state index < -0.39 is 0 Å². The van der Waals surface area contributed by atoms with Crippen LogP contribution < -0.4 is 10.5 Å². The van der Waals surface area contributed by atoms with Crippen molar-refractivity contribution in [3.63, 3.8) is 0 Å². The minimum absolute atomic E-state index is 0.128. The molecule has 0 fully saturated rings. The summed E-state index contributed by atoms with van der Waals surface area (Å²) < 4.78 is 7.92. The predicted octanol–water partition coefficient (Wildman–Crippen LogP) is 12.3. The first-order chi connectivity index (χ1) is 25.5. The van der Waals surface area contributed by atoms with E-state index in [1.165, 1.54) is 33.4 Å². The molecular formula is C48H34N2O2. The molecule has 0 bridgehead atoms. The highest BCUT2D eigenvalue weighted by atomic mass is 16.4. The number of fused-ring (bicyclic) bond motifs is 8. The van der Waals surface area contributed by atoms with Crippen LogP contribution in [0.15, 0.2) is 179 Å². The van der Waals surface area contributed by atoms with Crippen LogP contribution in [0.2, 0.25) is 0 Å². The van der Waals surface area contributed by atoms with Crippen LogP contribution >= 0.6 is 0 Å². The molecule has 0 spiro atoms. The Bertz CT molecular complexity index is 2880. The highest BCUT2D eigenvalue weighted by Gasteiger charge is 2.35. The number of nitrogens with zero attached hydrogens (tertiary/aromatic N) is 2. The first-order valence-electron chi connectivity index (χ1n) is 17.7. The Morgan fingerprint density at radius 3 is 1.87 bits per heavy atom. The van der Waals surface area contributed by atoms with E-state index in [4.69, 9.17) is 4.42 Å². The van der Waals surface area contributed by atoms with Gasteiger partial charge >= 0.3 is 5.63 Å². The Labute approximate surface area is 301 Å². The third-order valence-electron chi connectivity index (χ3n) is 10.8. The Balaban J connectivity index is 1.14. The molecule has 2 heterocycles. The maximum atomic E-state index is 13.7. The highest BCUT2D eigenvalue weighted by Crippen LogP contribution is 2.50. The number of aromatic nitrogens is 1. The van der Waals surface area contributed by atoms with Crippen LogP contribution in [0, 0.1) is 0 Å². The van der Waals surface area contributed by atoms with Crippen molar-refractivity contribution in [2.45, 2.75) is 19.3 Å². The molecule has 0 saturated carbocycles. The molecule has 52 heavy (non-hydrogen) atoms. The van der Waals surface area contributed by atoms with Crippen LogP contribution in [0.25, 0.3) is 60.9 Å². The molecule has 0 unspecified atom stereocenters. The van der Waals surface area contributed by atoms with Gasteiger partial charge < -0.3 is 9.32 Å².